The zero-order valence-electron chi connectivity index (χ0n) is 10.3. The van der Waals surface area contributed by atoms with Crippen LogP contribution in [0.4, 0.5) is 0 Å². The summed E-state index contributed by atoms with van der Waals surface area (Å²) in [5.74, 6) is 2.17. The Labute approximate surface area is 103 Å². The van der Waals surface area contributed by atoms with Crippen molar-refractivity contribution in [3.8, 4) is 0 Å². The fourth-order valence-corrected chi connectivity index (χ4v) is 3.19. The van der Waals surface area contributed by atoms with E-state index in [1.807, 2.05) is 18.9 Å². The van der Waals surface area contributed by atoms with E-state index in [2.05, 4.69) is 0 Å². The van der Waals surface area contributed by atoms with Gasteiger partial charge in [0.05, 0.1) is 0 Å². The molecule has 0 N–H and O–H groups in total. The highest BCUT2D eigenvalue weighted by Gasteiger charge is 2.55. The standard InChI is InChI=1S/C13H22ClNO/c1-9(14)7-8-15(2)13(16)12-10-5-3-4-6-11(10)12/h9-12H,3-8H2,1-2H3. The molecule has 0 aromatic rings. The van der Waals surface area contributed by atoms with Crippen molar-refractivity contribution in [3.63, 3.8) is 0 Å². The lowest BCUT2D eigenvalue weighted by molar-refractivity contribution is -0.131. The number of fused-ring (bicyclic) bond motifs is 1. The van der Waals surface area contributed by atoms with E-state index < -0.39 is 0 Å². The van der Waals surface area contributed by atoms with Crippen molar-refractivity contribution < 1.29 is 4.79 Å². The topological polar surface area (TPSA) is 20.3 Å². The van der Waals surface area contributed by atoms with Crippen LogP contribution >= 0.6 is 11.6 Å². The molecule has 0 saturated heterocycles. The van der Waals surface area contributed by atoms with E-state index in [1.165, 1.54) is 25.7 Å². The first-order valence-electron chi connectivity index (χ1n) is 6.50. The summed E-state index contributed by atoms with van der Waals surface area (Å²) in [6, 6.07) is 0. The van der Waals surface area contributed by atoms with Gasteiger partial charge < -0.3 is 4.90 Å². The van der Waals surface area contributed by atoms with Crippen LogP contribution in [-0.2, 0) is 4.79 Å². The van der Waals surface area contributed by atoms with E-state index in [0.29, 0.717) is 11.8 Å². The van der Waals surface area contributed by atoms with Crippen LogP contribution in [0, 0.1) is 17.8 Å². The second kappa shape index (κ2) is 4.95. The number of carbonyl (C=O) groups excluding carboxylic acids is 1. The van der Waals surface area contributed by atoms with Crippen LogP contribution in [0.3, 0.4) is 0 Å². The van der Waals surface area contributed by atoms with E-state index in [1.54, 1.807) is 0 Å². The fraction of sp³-hybridized carbons (Fsp3) is 0.923. The van der Waals surface area contributed by atoms with Gasteiger partial charge in [0, 0.05) is 24.9 Å². The third-order valence-corrected chi connectivity index (χ3v) is 4.40. The molecule has 2 nitrogen and oxygen atoms in total. The molecule has 0 radical (unpaired) electrons. The maximum atomic E-state index is 12.2. The van der Waals surface area contributed by atoms with E-state index in [0.717, 1.165) is 24.8 Å². The van der Waals surface area contributed by atoms with Crippen LogP contribution in [0.1, 0.15) is 39.0 Å². The van der Waals surface area contributed by atoms with Crippen LogP contribution in [0.15, 0.2) is 0 Å². The number of carbonyl (C=O) groups is 1. The van der Waals surface area contributed by atoms with Crippen LogP contribution in [0.2, 0.25) is 0 Å². The largest absolute Gasteiger partial charge is 0.345 e. The molecule has 2 aliphatic rings. The van der Waals surface area contributed by atoms with Gasteiger partial charge in [-0.15, -0.1) is 11.6 Å². The van der Waals surface area contributed by atoms with Gasteiger partial charge in [-0.25, -0.2) is 0 Å². The van der Waals surface area contributed by atoms with Crippen molar-refractivity contribution in [2.45, 2.75) is 44.4 Å². The van der Waals surface area contributed by atoms with Crippen molar-refractivity contribution in [2.24, 2.45) is 17.8 Å². The Bertz CT molecular complexity index is 255. The van der Waals surface area contributed by atoms with Gasteiger partial charge in [0.15, 0.2) is 0 Å². The predicted octanol–water partition coefficient (Wildman–Crippen LogP) is 2.90. The summed E-state index contributed by atoms with van der Waals surface area (Å²) in [4.78, 5) is 14.1. The highest BCUT2D eigenvalue weighted by Crippen LogP contribution is 2.55. The van der Waals surface area contributed by atoms with E-state index in [-0.39, 0.29) is 5.38 Å². The number of hydrogen-bond acceptors (Lipinski definition) is 1. The number of alkyl halides is 1. The molecule has 16 heavy (non-hydrogen) atoms. The zero-order chi connectivity index (χ0) is 11.7. The number of nitrogens with zero attached hydrogens (tertiary/aromatic N) is 1. The molecule has 2 rings (SSSR count). The summed E-state index contributed by atoms with van der Waals surface area (Å²) in [6.45, 7) is 2.79. The van der Waals surface area contributed by atoms with Gasteiger partial charge in [-0.2, -0.15) is 0 Å². The summed E-state index contributed by atoms with van der Waals surface area (Å²) in [5, 5.41) is 0.164. The number of halogens is 1. The first-order chi connectivity index (χ1) is 7.61. The molecule has 3 heteroatoms. The molecule has 3 atom stereocenters. The number of hydrogen-bond donors (Lipinski definition) is 0. The lowest BCUT2D eigenvalue weighted by Gasteiger charge is -2.18. The molecular formula is C13H22ClNO. The lowest BCUT2D eigenvalue weighted by Crippen LogP contribution is -2.30. The van der Waals surface area contributed by atoms with Crippen molar-refractivity contribution in [1.29, 1.82) is 0 Å². The van der Waals surface area contributed by atoms with Gasteiger partial charge >= 0.3 is 0 Å². The smallest absolute Gasteiger partial charge is 0.226 e. The molecule has 2 saturated carbocycles. The fourth-order valence-electron chi connectivity index (χ4n) is 3.09. The van der Waals surface area contributed by atoms with Crippen LogP contribution in [-0.4, -0.2) is 29.8 Å². The summed E-state index contributed by atoms with van der Waals surface area (Å²) in [6.07, 6.45) is 6.11. The van der Waals surface area contributed by atoms with E-state index in [4.69, 9.17) is 11.6 Å². The predicted molar refractivity (Wildman–Crippen MR) is 66.5 cm³/mol. The lowest BCUT2D eigenvalue weighted by atomic mass is 10.0. The number of amides is 1. The molecular weight excluding hydrogens is 222 g/mol. The summed E-state index contributed by atoms with van der Waals surface area (Å²) < 4.78 is 0. The van der Waals surface area contributed by atoms with Gasteiger partial charge in [-0.3, -0.25) is 4.79 Å². The second-order valence-corrected chi connectivity index (χ2v) is 6.21. The quantitative estimate of drug-likeness (QED) is 0.696. The first-order valence-corrected chi connectivity index (χ1v) is 6.94. The van der Waals surface area contributed by atoms with Gasteiger partial charge in [-0.05, 0) is 38.0 Å². The molecule has 2 aliphatic carbocycles. The second-order valence-electron chi connectivity index (χ2n) is 5.47. The van der Waals surface area contributed by atoms with Crippen LogP contribution in [0.25, 0.3) is 0 Å². The molecule has 1 amide bonds. The normalized spacial score (nSPS) is 34.1. The molecule has 3 unspecified atom stereocenters. The highest BCUT2D eigenvalue weighted by molar-refractivity contribution is 6.20. The van der Waals surface area contributed by atoms with Crippen molar-refractivity contribution >= 4 is 17.5 Å². The Balaban J connectivity index is 1.79. The Morgan fingerprint density at radius 3 is 2.44 bits per heavy atom. The minimum absolute atomic E-state index is 0.164. The maximum absolute atomic E-state index is 12.2. The molecule has 0 bridgehead atoms. The third kappa shape index (κ3) is 2.53. The molecule has 0 aliphatic heterocycles. The Morgan fingerprint density at radius 2 is 1.94 bits per heavy atom. The molecule has 0 spiro atoms. The molecule has 92 valence electrons. The monoisotopic (exact) mass is 243 g/mol. The highest BCUT2D eigenvalue weighted by atomic mass is 35.5. The summed E-state index contributed by atoms with van der Waals surface area (Å²) in [7, 11) is 1.92. The molecule has 2 fully saturated rings. The Morgan fingerprint density at radius 1 is 1.38 bits per heavy atom. The zero-order valence-corrected chi connectivity index (χ0v) is 11.0. The average Bonchev–Trinajstić information content (AvgIpc) is 2.99. The van der Waals surface area contributed by atoms with Crippen LogP contribution in [0.5, 0.6) is 0 Å². The summed E-state index contributed by atoms with van der Waals surface area (Å²) >= 11 is 5.91. The van der Waals surface area contributed by atoms with E-state index >= 15 is 0 Å². The average molecular weight is 244 g/mol. The SMILES string of the molecule is CC(Cl)CCN(C)C(=O)C1C2CCCCC21. The maximum Gasteiger partial charge on any atom is 0.226 e. The van der Waals surface area contributed by atoms with Crippen molar-refractivity contribution in [1.82, 2.24) is 4.90 Å². The van der Waals surface area contributed by atoms with Gasteiger partial charge in [0.1, 0.15) is 0 Å². The van der Waals surface area contributed by atoms with Crippen molar-refractivity contribution in [2.75, 3.05) is 13.6 Å². The molecule has 0 heterocycles. The number of rotatable bonds is 4. The van der Waals surface area contributed by atoms with E-state index in [9.17, 15) is 4.79 Å². The molecule has 0 aromatic heterocycles. The summed E-state index contributed by atoms with van der Waals surface area (Å²) in [5.41, 5.74) is 0. The molecule has 0 aromatic carbocycles. The van der Waals surface area contributed by atoms with Gasteiger partial charge in [-0.1, -0.05) is 12.8 Å². The third-order valence-electron chi connectivity index (χ3n) is 4.18. The van der Waals surface area contributed by atoms with Crippen LogP contribution < -0.4 is 0 Å². The minimum Gasteiger partial charge on any atom is -0.345 e. The Hall–Kier alpha value is -0.240. The first kappa shape index (κ1) is 12.2. The van der Waals surface area contributed by atoms with Gasteiger partial charge in [0.2, 0.25) is 5.91 Å². The Kier molecular flexibility index (Phi) is 3.78. The van der Waals surface area contributed by atoms with Gasteiger partial charge in [0.25, 0.3) is 0 Å². The van der Waals surface area contributed by atoms with Crippen molar-refractivity contribution in [3.05, 3.63) is 0 Å². The minimum atomic E-state index is 0.164.